The summed E-state index contributed by atoms with van der Waals surface area (Å²) in [7, 11) is 0. The Balaban J connectivity index is 1.53. The first kappa shape index (κ1) is 12.7. The highest BCUT2D eigenvalue weighted by molar-refractivity contribution is 7.99. The van der Waals surface area contributed by atoms with Gasteiger partial charge in [0, 0.05) is 17.9 Å². The Kier molecular flexibility index (Phi) is 4.15. The standard InChI is InChI=1S/C14H17N3OS/c1-2-6-12(7-3-1)13-15-16-14(18-13)19-11-10-17-8-4-5-9-17/h1-3,6-7H,4-5,8-11H2. The van der Waals surface area contributed by atoms with Gasteiger partial charge in [0.05, 0.1) is 0 Å². The molecule has 0 amide bonds. The van der Waals surface area contributed by atoms with Crippen molar-refractivity contribution in [2.75, 3.05) is 25.4 Å². The van der Waals surface area contributed by atoms with E-state index in [1.807, 2.05) is 30.3 Å². The highest BCUT2D eigenvalue weighted by atomic mass is 32.2. The Bertz CT molecular complexity index is 508. The molecule has 2 heterocycles. The van der Waals surface area contributed by atoms with Crippen LogP contribution in [0.15, 0.2) is 40.0 Å². The zero-order chi connectivity index (χ0) is 12.9. The van der Waals surface area contributed by atoms with Crippen LogP contribution in [0.3, 0.4) is 0 Å². The van der Waals surface area contributed by atoms with Crippen LogP contribution in [0.5, 0.6) is 0 Å². The summed E-state index contributed by atoms with van der Waals surface area (Å²) in [4.78, 5) is 2.49. The molecule has 1 fully saturated rings. The van der Waals surface area contributed by atoms with Crippen molar-refractivity contribution in [3.8, 4) is 11.5 Å². The lowest BCUT2D eigenvalue weighted by molar-refractivity contribution is 0.361. The number of nitrogens with zero attached hydrogens (tertiary/aromatic N) is 3. The van der Waals surface area contributed by atoms with Gasteiger partial charge in [-0.25, -0.2) is 0 Å². The summed E-state index contributed by atoms with van der Waals surface area (Å²) in [5.74, 6) is 1.61. The molecule has 0 spiro atoms. The van der Waals surface area contributed by atoms with E-state index < -0.39 is 0 Å². The number of hydrogen-bond acceptors (Lipinski definition) is 5. The molecule has 4 nitrogen and oxygen atoms in total. The van der Waals surface area contributed by atoms with Crippen LogP contribution in [-0.4, -0.2) is 40.5 Å². The molecule has 19 heavy (non-hydrogen) atoms. The monoisotopic (exact) mass is 275 g/mol. The van der Waals surface area contributed by atoms with Gasteiger partial charge in [0.25, 0.3) is 5.22 Å². The Hall–Kier alpha value is -1.33. The maximum Gasteiger partial charge on any atom is 0.276 e. The minimum atomic E-state index is 0.601. The molecule has 100 valence electrons. The second-order valence-electron chi connectivity index (χ2n) is 4.64. The maximum atomic E-state index is 5.66. The molecule has 1 aliphatic heterocycles. The summed E-state index contributed by atoms with van der Waals surface area (Å²) in [5.41, 5.74) is 0.974. The molecule has 1 aromatic heterocycles. The predicted octanol–water partition coefficient (Wildman–Crippen LogP) is 2.92. The SMILES string of the molecule is c1ccc(-c2nnc(SCCN3CCCC3)o2)cc1. The molecule has 1 aliphatic rings. The second-order valence-corrected chi connectivity index (χ2v) is 5.68. The van der Waals surface area contributed by atoms with Crippen LogP contribution in [0.1, 0.15) is 12.8 Å². The van der Waals surface area contributed by atoms with Crippen molar-refractivity contribution >= 4 is 11.8 Å². The lowest BCUT2D eigenvalue weighted by Gasteiger charge is -2.12. The molecular formula is C14H17N3OS. The zero-order valence-corrected chi connectivity index (χ0v) is 11.6. The van der Waals surface area contributed by atoms with Crippen molar-refractivity contribution in [3.63, 3.8) is 0 Å². The number of hydrogen-bond donors (Lipinski definition) is 0. The van der Waals surface area contributed by atoms with Gasteiger partial charge in [0.2, 0.25) is 5.89 Å². The average molecular weight is 275 g/mol. The third kappa shape index (κ3) is 3.36. The Labute approximate surface area is 117 Å². The van der Waals surface area contributed by atoms with Crippen LogP contribution in [0.2, 0.25) is 0 Å². The van der Waals surface area contributed by atoms with Gasteiger partial charge < -0.3 is 9.32 Å². The van der Waals surface area contributed by atoms with Crippen LogP contribution in [0.25, 0.3) is 11.5 Å². The molecule has 0 aliphatic carbocycles. The molecule has 3 rings (SSSR count). The molecule has 0 bridgehead atoms. The molecule has 1 saturated heterocycles. The Morgan fingerprint density at radius 1 is 1.11 bits per heavy atom. The van der Waals surface area contributed by atoms with E-state index in [4.69, 9.17) is 4.42 Å². The summed E-state index contributed by atoms with van der Waals surface area (Å²) in [6.45, 7) is 3.58. The highest BCUT2D eigenvalue weighted by Gasteiger charge is 2.12. The zero-order valence-electron chi connectivity index (χ0n) is 10.8. The second kappa shape index (κ2) is 6.21. The fourth-order valence-electron chi connectivity index (χ4n) is 2.23. The summed E-state index contributed by atoms with van der Waals surface area (Å²) in [5, 5.41) is 8.84. The van der Waals surface area contributed by atoms with E-state index in [0.29, 0.717) is 11.1 Å². The lowest BCUT2D eigenvalue weighted by Crippen LogP contribution is -2.21. The smallest absolute Gasteiger partial charge is 0.276 e. The van der Waals surface area contributed by atoms with Gasteiger partial charge in [-0.15, -0.1) is 10.2 Å². The van der Waals surface area contributed by atoms with Crippen LogP contribution >= 0.6 is 11.8 Å². The first-order valence-electron chi connectivity index (χ1n) is 6.66. The van der Waals surface area contributed by atoms with Gasteiger partial charge in [-0.3, -0.25) is 0 Å². The fourth-order valence-corrected chi connectivity index (χ4v) is 2.99. The van der Waals surface area contributed by atoms with Crippen molar-refractivity contribution in [2.24, 2.45) is 0 Å². The third-order valence-electron chi connectivity index (χ3n) is 3.26. The predicted molar refractivity (Wildman–Crippen MR) is 76.1 cm³/mol. The Morgan fingerprint density at radius 3 is 2.68 bits per heavy atom. The van der Waals surface area contributed by atoms with Gasteiger partial charge in [0.15, 0.2) is 0 Å². The molecule has 0 unspecified atom stereocenters. The van der Waals surface area contributed by atoms with E-state index in [9.17, 15) is 0 Å². The first-order chi connectivity index (χ1) is 9.42. The van der Waals surface area contributed by atoms with Crippen LogP contribution in [0.4, 0.5) is 0 Å². The largest absolute Gasteiger partial charge is 0.411 e. The topological polar surface area (TPSA) is 42.2 Å². The van der Waals surface area contributed by atoms with Crippen molar-refractivity contribution in [1.29, 1.82) is 0 Å². The summed E-state index contributed by atoms with van der Waals surface area (Å²) < 4.78 is 5.66. The van der Waals surface area contributed by atoms with Crippen LogP contribution in [-0.2, 0) is 0 Å². The van der Waals surface area contributed by atoms with Gasteiger partial charge in [-0.2, -0.15) is 0 Å². The number of likely N-dealkylation sites (tertiary alicyclic amines) is 1. The summed E-state index contributed by atoms with van der Waals surface area (Å²) in [6.07, 6.45) is 2.67. The van der Waals surface area contributed by atoms with Crippen molar-refractivity contribution in [2.45, 2.75) is 18.1 Å². The minimum Gasteiger partial charge on any atom is -0.411 e. The molecule has 5 heteroatoms. The average Bonchev–Trinajstić information content (AvgIpc) is 3.11. The van der Waals surface area contributed by atoms with Crippen molar-refractivity contribution < 1.29 is 4.42 Å². The number of aromatic nitrogens is 2. The van der Waals surface area contributed by atoms with Gasteiger partial charge in [-0.05, 0) is 38.1 Å². The number of thioether (sulfide) groups is 1. The highest BCUT2D eigenvalue weighted by Crippen LogP contribution is 2.23. The molecule has 2 aromatic rings. The molecule has 0 radical (unpaired) electrons. The molecule has 0 saturated carbocycles. The van der Waals surface area contributed by atoms with E-state index >= 15 is 0 Å². The van der Waals surface area contributed by atoms with E-state index in [1.54, 1.807) is 11.8 Å². The van der Waals surface area contributed by atoms with Gasteiger partial charge >= 0.3 is 0 Å². The molecule has 0 atom stereocenters. The van der Waals surface area contributed by atoms with Crippen LogP contribution in [0, 0.1) is 0 Å². The fraction of sp³-hybridized carbons (Fsp3) is 0.429. The number of rotatable bonds is 5. The lowest BCUT2D eigenvalue weighted by atomic mass is 10.2. The molecule has 1 aromatic carbocycles. The van der Waals surface area contributed by atoms with Gasteiger partial charge in [0.1, 0.15) is 0 Å². The van der Waals surface area contributed by atoms with E-state index in [0.717, 1.165) is 17.9 Å². The van der Waals surface area contributed by atoms with Crippen molar-refractivity contribution in [3.05, 3.63) is 30.3 Å². The van der Waals surface area contributed by atoms with Crippen LogP contribution < -0.4 is 0 Å². The van der Waals surface area contributed by atoms with Gasteiger partial charge in [-0.1, -0.05) is 30.0 Å². The molecular weight excluding hydrogens is 258 g/mol. The number of benzene rings is 1. The molecule has 0 N–H and O–H groups in total. The summed E-state index contributed by atoms with van der Waals surface area (Å²) >= 11 is 1.64. The summed E-state index contributed by atoms with van der Waals surface area (Å²) in [6, 6.07) is 9.88. The third-order valence-corrected chi connectivity index (χ3v) is 4.06. The Morgan fingerprint density at radius 2 is 1.89 bits per heavy atom. The van der Waals surface area contributed by atoms with E-state index in [2.05, 4.69) is 15.1 Å². The van der Waals surface area contributed by atoms with Crippen molar-refractivity contribution in [1.82, 2.24) is 15.1 Å². The first-order valence-corrected chi connectivity index (χ1v) is 7.64. The minimum absolute atomic E-state index is 0.601. The quantitative estimate of drug-likeness (QED) is 0.785. The van der Waals surface area contributed by atoms with E-state index in [-0.39, 0.29) is 0 Å². The normalized spacial score (nSPS) is 16.0. The maximum absolute atomic E-state index is 5.66. The van der Waals surface area contributed by atoms with E-state index in [1.165, 1.54) is 25.9 Å².